The van der Waals surface area contributed by atoms with Crippen LogP contribution in [0.1, 0.15) is 12.8 Å². The summed E-state index contributed by atoms with van der Waals surface area (Å²) in [4.78, 5) is 0. The molecule has 3 N–H and O–H groups in total. The first-order valence-electron chi connectivity index (χ1n) is 5.61. The molecule has 0 aliphatic carbocycles. The van der Waals surface area contributed by atoms with E-state index in [2.05, 4.69) is 10.4 Å². The first kappa shape index (κ1) is 16.2. The summed E-state index contributed by atoms with van der Waals surface area (Å²) >= 11 is 0. The van der Waals surface area contributed by atoms with E-state index in [1.807, 2.05) is 0 Å². The van der Waals surface area contributed by atoms with Gasteiger partial charge in [-0.05, 0) is 19.4 Å². The van der Waals surface area contributed by atoms with Crippen molar-refractivity contribution in [1.82, 2.24) is 15.1 Å². The van der Waals surface area contributed by atoms with E-state index in [0.29, 0.717) is 13.0 Å². The van der Waals surface area contributed by atoms with Crippen LogP contribution in [0, 0.1) is 5.95 Å². The summed E-state index contributed by atoms with van der Waals surface area (Å²) in [7, 11) is -2.62. The normalized spacial score (nSPS) is 19.8. The van der Waals surface area contributed by atoms with Crippen LogP contribution in [0.25, 0.3) is 0 Å². The van der Waals surface area contributed by atoms with Crippen LogP contribution in [-0.4, -0.2) is 37.3 Å². The number of hydrogen-bond acceptors (Lipinski definition) is 4. The lowest BCUT2D eigenvalue weighted by atomic mass is 10.1. The molecule has 0 amide bonds. The molecule has 0 bridgehead atoms. The van der Waals surface area contributed by atoms with Gasteiger partial charge in [0, 0.05) is 13.6 Å². The van der Waals surface area contributed by atoms with Gasteiger partial charge in [0.05, 0.1) is 12.2 Å². The van der Waals surface area contributed by atoms with Crippen molar-refractivity contribution in [1.29, 1.82) is 0 Å². The molecule has 1 fully saturated rings. The molecule has 1 aromatic heterocycles. The molecule has 1 aliphatic rings. The lowest BCUT2D eigenvalue weighted by Crippen LogP contribution is -2.51. The smallest absolute Gasteiger partial charge is 0.299 e. The quantitative estimate of drug-likeness (QED) is 0.804. The van der Waals surface area contributed by atoms with Crippen LogP contribution in [0.15, 0.2) is 6.20 Å². The minimum atomic E-state index is -4.03. The van der Waals surface area contributed by atoms with Gasteiger partial charge in [0.2, 0.25) is 5.95 Å². The van der Waals surface area contributed by atoms with Gasteiger partial charge in [0.1, 0.15) is 5.69 Å². The minimum Gasteiger partial charge on any atom is -0.315 e. The molecular formula is C9H17ClFN5O2S. The summed E-state index contributed by atoms with van der Waals surface area (Å²) in [5.41, 5.74) is -0.103. The maximum absolute atomic E-state index is 13.8. The Morgan fingerprint density at radius 1 is 1.63 bits per heavy atom. The molecule has 1 saturated heterocycles. The van der Waals surface area contributed by atoms with Crippen molar-refractivity contribution in [2.45, 2.75) is 18.9 Å². The Morgan fingerprint density at radius 3 is 2.74 bits per heavy atom. The number of hydrogen-bond donors (Lipinski definition) is 2. The second kappa shape index (κ2) is 6.04. The Kier molecular flexibility index (Phi) is 5.13. The van der Waals surface area contributed by atoms with Gasteiger partial charge >= 0.3 is 0 Å². The van der Waals surface area contributed by atoms with Crippen molar-refractivity contribution in [2.24, 2.45) is 12.2 Å². The summed E-state index contributed by atoms with van der Waals surface area (Å²) in [5.74, 6) is -0.713. The van der Waals surface area contributed by atoms with Crippen LogP contribution in [0.3, 0.4) is 0 Å². The average Bonchev–Trinajstić information content (AvgIpc) is 2.61. The van der Waals surface area contributed by atoms with Gasteiger partial charge in [0.15, 0.2) is 0 Å². The van der Waals surface area contributed by atoms with E-state index in [9.17, 15) is 12.8 Å². The second-order valence-electron chi connectivity index (χ2n) is 4.29. The molecular weight excluding hydrogens is 297 g/mol. The van der Waals surface area contributed by atoms with E-state index in [0.717, 1.165) is 22.0 Å². The van der Waals surface area contributed by atoms with Crippen LogP contribution in [0.5, 0.6) is 0 Å². The van der Waals surface area contributed by atoms with Crippen LogP contribution < -0.4 is 14.8 Å². The standard InChI is InChI=1S/C9H16FN5O2S.ClH/c1-14-9(10)8(6-13-14)15(18(11,16)17)7-3-2-4-12-5-7;/h6-7,12H,2-5H2,1H3,(H2,11,16,17);1H. The Hall–Kier alpha value is -0.900. The molecule has 1 unspecified atom stereocenters. The number of nitrogens with two attached hydrogens (primary N) is 1. The van der Waals surface area contributed by atoms with Crippen molar-refractivity contribution >= 4 is 28.3 Å². The lowest BCUT2D eigenvalue weighted by Gasteiger charge is -2.32. The van der Waals surface area contributed by atoms with Gasteiger partial charge in [-0.15, -0.1) is 12.4 Å². The molecule has 1 atom stereocenters. The number of rotatable bonds is 3. The molecule has 1 aliphatic heterocycles. The van der Waals surface area contributed by atoms with Crippen molar-refractivity contribution in [3.8, 4) is 0 Å². The molecule has 0 saturated carbocycles. The first-order valence-corrected chi connectivity index (χ1v) is 7.12. The van der Waals surface area contributed by atoms with Crippen molar-refractivity contribution in [2.75, 3.05) is 17.4 Å². The van der Waals surface area contributed by atoms with E-state index in [-0.39, 0.29) is 24.1 Å². The zero-order chi connectivity index (χ0) is 13.3. The summed E-state index contributed by atoms with van der Waals surface area (Å²) < 4.78 is 39.0. The fourth-order valence-corrected chi connectivity index (χ4v) is 3.13. The predicted molar refractivity (Wildman–Crippen MR) is 71.9 cm³/mol. The van der Waals surface area contributed by atoms with Gasteiger partial charge in [-0.1, -0.05) is 0 Å². The van der Waals surface area contributed by atoms with E-state index in [1.54, 1.807) is 0 Å². The van der Waals surface area contributed by atoms with Gasteiger partial charge in [-0.3, -0.25) is 0 Å². The van der Waals surface area contributed by atoms with Crippen LogP contribution in [-0.2, 0) is 17.3 Å². The number of halogens is 2. The number of aromatic nitrogens is 2. The summed E-state index contributed by atoms with van der Waals surface area (Å²) in [6.07, 6.45) is 2.63. The number of aryl methyl sites for hydroxylation is 1. The Balaban J connectivity index is 0.00000180. The molecule has 2 heterocycles. The summed E-state index contributed by atoms with van der Waals surface area (Å²) in [6, 6.07) is -0.382. The molecule has 0 aromatic carbocycles. The highest BCUT2D eigenvalue weighted by atomic mass is 35.5. The third-order valence-electron chi connectivity index (χ3n) is 2.96. The zero-order valence-corrected chi connectivity index (χ0v) is 12.0. The van der Waals surface area contributed by atoms with Crippen LogP contribution >= 0.6 is 12.4 Å². The second-order valence-corrected chi connectivity index (χ2v) is 5.71. The largest absolute Gasteiger partial charge is 0.315 e. The van der Waals surface area contributed by atoms with E-state index in [4.69, 9.17) is 5.14 Å². The molecule has 1 aromatic rings. The molecule has 19 heavy (non-hydrogen) atoms. The van der Waals surface area contributed by atoms with Crippen molar-refractivity contribution < 1.29 is 12.8 Å². The van der Waals surface area contributed by atoms with Crippen molar-refractivity contribution in [3.63, 3.8) is 0 Å². The Bertz CT molecular complexity index is 529. The predicted octanol–water partition coefficient (Wildman–Crippen LogP) is -0.257. The maximum atomic E-state index is 13.8. The van der Waals surface area contributed by atoms with E-state index in [1.165, 1.54) is 13.2 Å². The lowest BCUT2D eigenvalue weighted by molar-refractivity contribution is 0.447. The number of nitrogens with zero attached hydrogens (tertiary/aromatic N) is 3. The molecule has 110 valence electrons. The Labute approximate surface area is 117 Å². The fourth-order valence-electron chi connectivity index (χ4n) is 2.13. The molecule has 7 nitrogen and oxygen atoms in total. The van der Waals surface area contributed by atoms with Gasteiger partial charge < -0.3 is 5.32 Å². The highest BCUT2D eigenvalue weighted by Gasteiger charge is 2.32. The van der Waals surface area contributed by atoms with Crippen LogP contribution in [0.2, 0.25) is 0 Å². The van der Waals surface area contributed by atoms with Gasteiger partial charge in [-0.2, -0.15) is 17.9 Å². The number of piperidine rings is 1. The third-order valence-corrected chi connectivity index (χ3v) is 4.01. The van der Waals surface area contributed by atoms with Crippen molar-refractivity contribution in [3.05, 3.63) is 12.1 Å². The molecule has 10 heteroatoms. The van der Waals surface area contributed by atoms with Gasteiger partial charge in [0.25, 0.3) is 10.2 Å². The Morgan fingerprint density at radius 2 is 2.32 bits per heavy atom. The molecule has 0 radical (unpaired) electrons. The van der Waals surface area contributed by atoms with Crippen LogP contribution in [0.4, 0.5) is 10.1 Å². The monoisotopic (exact) mass is 313 g/mol. The summed E-state index contributed by atoms with van der Waals surface area (Å²) in [5, 5.41) is 12.0. The molecule has 2 rings (SSSR count). The average molecular weight is 314 g/mol. The highest BCUT2D eigenvalue weighted by molar-refractivity contribution is 7.90. The topological polar surface area (TPSA) is 93.2 Å². The number of anilines is 1. The zero-order valence-electron chi connectivity index (χ0n) is 10.4. The fraction of sp³-hybridized carbons (Fsp3) is 0.667. The third kappa shape index (κ3) is 3.35. The van der Waals surface area contributed by atoms with E-state index >= 15 is 0 Å². The molecule has 0 spiro atoms. The first-order chi connectivity index (χ1) is 8.41. The van der Waals surface area contributed by atoms with Gasteiger partial charge in [-0.25, -0.2) is 14.1 Å². The number of nitrogens with one attached hydrogen (secondary N) is 1. The summed E-state index contributed by atoms with van der Waals surface area (Å²) in [6.45, 7) is 1.27. The maximum Gasteiger partial charge on any atom is 0.299 e. The minimum absolute atomic E-state index is 0. The SMILES string of the molecule is Cl.Cn1ncc(N(C2CCCNC2)S(N)(=O)=O)c1F. The highest BCUT2D eigenvalue weighted by Crippen LogP contribution is 2.25. The van der Waals surface area contributed by atoms with E-state index < -0.39 is 16.2 Å².